The number of fused-ring (bicyclic) bond motifs is 1. The van der Waals surface area contributed by atoms with E-state index in [1.165, 1.54) is 6.07 Å². The van der Waals surface area contributed by atoms with Crippen LogP contribution in [0.25, 0.3) is 10.8 Å². The average molecular weight is 420 g/mol. The largest absolute Gasteiger partial charge is 0.273 e. The quantitative estimate of drug-likeness (QED) is 0.667. The summed E-state index contributed by atoms with van der Waals surface area (Å²) in [6, 6.07) is 17.1. The molecule has 0 heterocycles. The molecule has 1 saturated carbocycles. The molecule has 0 unspecified atom stereocenters. The summed E-state index contributed by atoms with van der Waals surface area (Å²) in [6.45, 7) is 0. The Morgan fingerprint density at radius 2 is 1.63 bits per heavy atom. The summed E-state index contributed by atoms with van der Waals surface area (Å²) in [7, 11) is -3.99. The van der Waals surface area contributed by atoms with E-state index in [4.69, 9.17) is 23.2 Å². The van der Waals surface area contributed by atoms with Gasteiger partial charge >= 0.3 is 0 Å². The molecular formula is C20H15Cl2NO3S. The van der Waals surface area contributed by atoms with Crippen molar-refractivity contribution in [2.45, 2.75) is 23.2 Å². The molecule has 1 amide bonds. The smallest absolute Gasteiger partial charge is 0.264 e. The molecule has 0 saturated heterocycles. The van der Waals surface area contributed by atoms with Gasteiger partial charge in [0.1, 0.15) is 0 Å². The lowest BCUT2D eigenvalue weighted by atomic mass is 9.95. The van der Waals surface area contributed by atoms with Crippen molar-refractivity contribution >= 4 is 49.9 Å². The molecule has 1 aliphatic rings. The van der Waals surface area contributed by atoms with Gasteiger partial charge in [-0.15, -0.1) is 0 Å². The van der Waals surface area contributed by atoms with E-state index in [2.05, 4.69) is 4.72 Å². The molecule has 0 spiro atoms. The molecule has 4 rings (SSSR count). The molecule has 0 bridgehead atoms. The highest BCUT2D eigenvalue weighted by molar-refractivity contribution is 7.90. The zero-order chi connectivity index (χ0) is 19.2. The van der Waals surface area contributed by atoms with Gasteiger partial charge in [-0.1, -0.05) is 59.6 Å². The Bertz CT molecular complexity index is 1170. The van der Waals surface area contributed by atoms with E-state index in [0.29, 0.717) is 28.5 Å². The molecule has 0 aliphatic heterocycles. The van der Waals surface area contributed by atoms with Crippen molar-refractivity contribution < 1.29 is 13.2 Å². The minimum absolute atomic E-state index is 0.0487. The fourth-order valence-electron chi connectivity index (χ4n) is 3.23. The van der Waals surface area contributed by atoms with Crippen LogP contribution in [-0.4, -0.2) is 14.3 Å². The first-order valence-corrected chi connectivity index (χ1v) is 10.6. The molecule has 4 nitrogen and oxygen atoms in total. The first-order valence-electron chi connectivity index (χ1n) is 8.33. The minimum atomic E-state index is -3.99. The van der Waals surface area contributed by atoms with Crippen molar-refractivity contribution in [1.29, 1.82) is 0 Å². The Morgan fingerprint density at radius 3 is 2.30 bits per heavy atom. The fraction of sp³-hybridized carbons (Fsp3) is 0.150. The van der Waals surface area contributed by atoms with Crippen LogP contribution >= 0.6 is 23.2 Å². The number of hydrogen-bond donors (Lipinski definition) is 1. The van der Waals surface area contributed by atoms with Crippen molar-refractivity contribution in [2.75, 3.05) is 0 Å². The molecule has 138 valence electrons. The van der Waals surface area contributed by atoms with E-state index in [9.17, 15) is 13.2 Å². The van der Waals surface area contributed by atoms with Crippen molar-refractivity contribution in [3.05, 3.63) is 76.3 Å². The van der Waals surface area contributed by atoms with Gasteiger partial charge in [0.2, 0.25) is 5.91 Å². The second-order valence-electron chi connectivity index (χ2n) is 6.65. The normalized spacial score (nSPS) is 15.5. The number of hydrogen-bond acceptors (Lipinski definition) is 3. The van der Waals surface area contributed by atoms with Crippen LogP contribution in [0.3, 0.4) is 0 Å². The summed E-state index contributed by atoms with van der Waals surface area (Å²) in [5, 5.41) is 2.53. The van der Waals surface area contributed by atoms with Crippen LogP contribution in [0.5, 0.6) is 0 Å². The number of benzene rings is 3. The Hall–Kier alpha value is -2.08. The van der Waals surface area contributed by atoms with Crippen molar-refractivity contribution in [2.24, 2.45) is 0 Å². The highest BCUT2D eigenvalue weighted by Gasteiger charge is 2.53. The van der Waals surface area contributed by atoms with Crippen molar-refractivity contribution in [3.8, 4) is 0 Å². The molecule has 3 aromatic carbocycles. The lowest BCUT2D eigenvalue weighted by molar-refractivity contribution is -0.121. The van der Waals surface area contributed by atoms with Gasteiger partial charge in [0.15, 0.2) is 0 Å². The maximum Gasteiger partial charge on any atom is 0.264 e. The fourth-order valence-corrected chi connectivity index (χ4v) is 4.91. The van der Waals surface area contributed by atoms with Gasteiger partial charge in [-0.2, -0.15) is 0 Å². The topological polar surface area (TPSA) is 63.2 Å². The Morgan fingerprint density at radius 1 is 0.926 bits per heavy atom. The van der Waals surface area contributed by atoms with Crippen LogP contribution in [0, 0.1) is 0 Å². The summed E-state index contributed by atoms with van der Waals surface area (Å²) in [5.74, 6) is -0.570. The van der Waals surface area contributed by atoms with Gasteiger partial charge in [0.05, 0.1) is 10.3 Å². The number of halogens is 2. The van der Waals surface area contributed by atoms with E-state index in [1.807, 2.05) is 24.3 Å². The number of amides is 1. The number of sulfonamides is 1. The molecule has 0 aromatic heterocycles. The molecule has 0 radical (unpaired) electrons. The standard InChI is InChI=1S/C20H15Cl2NO3S/c21-15-6-8-17(18(22)12-15)20(9-10-20)19(24)23-27(25,26)16-7-5-13-3-1-2-4-14(13)11-16/h1-8,11-12H,9-10H2,(H,23,24). The van der Waals surface area contributed by atoms with Gasteiger partial charge in [0.25, 0.3) is 10.0 Å². The van der Waals surface area contributed by atoms with E-state index in [-0.39, 0.29) is 4.90 Å². The number of rotatable bonds is 4. The van der Waals surface area contributed by atoms with Gasteiger partial charge in [-0.25, -0.2) is 13.1 Å². The second-order valence-corrected chi connectivity index (χ2v) is 9.18. The summed E-state index contributed by atoms with van der Waals surface area (Å²) in [5.41, 5.74) is -0.328. The summed E-state index contributed by atoms with van der Waals surface area (Å²) < 4.78 is 27.7. The zero-order valence-corrected chi connectivity index (χ0v) is 16.4. The van der Waals surface area contributed by atoms with Crippen LogP contribution in [0.1, 0.15) is 18.4 Å². The zero-order valence-electron chi connectivity index (χ0n) is 14.1. The Labute approximate surface area is 167 Å². The predicted octanol–water partition coefficient (Wildman–Crippen LogP) is 4.68. The third-order valence-electron chi connectivity index (χ3n) is 4.89. The molecule has 1 N–H and O–H groups in total. The van der Waals surface area contributed by atoms with Crippen LogP contribution in [0.2, 0.25) is 10.0 Å². The Kier molecular flexibility index (Phi) is 4.41. The Balaban J connectivity index is 1.64. The molecule has 27 heavy (non-hydrogen) atoms. The molecular weight excluding hydrogens is 405 g/mol. The van der Waals surface area contributed by atoms with Crippen LogP contribution in [0.4, 0.5) is 0 Å². The SMILES string of the molecule is O=C(NS(=O)(=O)c1ccc2ccccc2c1)C1(c2ccc(Cl)cc2Cl)CC1. The van der Waals surface area contributed by atoms with Gasteiger partial charge < -0.3 is 0 Å². The highest BCUT2D eigenvalue weighted by Crippen LogP contribution is 2.51. The summed E-state index contributed by atoms with van der Waals surface area (Å²) in [6.07, 6.45) is 1.07. The van der Waals surface area contributed by atoms with Gasteiger partial charge in [0, 0.05) is 10.0 Å². The third-order valence-corrected chi connectivity index (χ3v) is 6.77. The third kappa shape index (κ3) is 3.31. The van der Waals surface area contributed by atoms with Crippen LogP contribution in [-0.2, 0) is 20.2 Å². The lowest BCUT2D eigenvalue weighted by Gasteiger charge is -2.17. The van der Waals surface area contributed by atoms with Crippen LogP contribution < -0.4 is 4.72 Å². The molecule has 1 aliphatic carbocycles. The van der Waals surface area contributed by atoms with E-state index < -0.39 is 21.3 Å². The number of nitrogens with one attached hydrogen (secondary N) is 1. The van der Waals surface area contributed by atoms with Crippen LogP contribution in [0.15, 0.2) is 65.6 Å². The molecule has 0 atom stereocenters. The minimum Gasteiger partial charge on any atom is -0.273 e. The van der Waals surface area contributed by atoms with Gasteiger partial charge in [-0.3, -0.25) is 4.79 Å². The maximum absolute atomic E-state index is 12.8. The summed E-state index contributed by atoms with van der Waals surface area (Å²) >= 11 is 12.2. The molecule has 3 aromatic rings. The summed E-state index contributed by atoms with van der Waals surface area (Å²) in [4.78, 5) is 12.9. The molecule has 7 heteroatoms. The monoisotopic (exact) mass is 419 g/mol. The van der Waals surface area contributed by atoms with Gasteiger partial charge in [-0.05, 0) is 53.4 Å². The second kappa shape index (κ2) is 6.51. The van der Waals surface area contributed by atoms with E-state index in [1.54, 1.807) is 30.3 Å². The maximum atomic E-state index is 12.8. The molecule has 1 fully saturated rings. The first-order chi connectivity index (χ1) is 12.8. The van der Waals surface area contributed by atoms with E-state index in [0.717, 1.165) is 10.8 Å². The predicted molar refractivity (Wildman–Crippen MR) is 107 cm³/mol. The first kappa shape index (κ1) is 18.3. The van der Waals surface area contributed by atoms with Crippen molar-refractivity contribution in [1.82, 2.24) is 4.72 Å². The van der Waals surface area contributed by atoms with Crippen molar-refractivity contribution in [3.63, 3.8) is 0 Å². The average Bonchev–Trinajstić information content (AvgIpc) is 3.42. The number of carbonyl (C=O) groups excluding carboxylic acids is 1. The highest BCUT2D eigenvalue weighted by atomic mass is 35.5. The lowest BCUT2D eigenvalue weighted by Crippen LogP contribution is -2.39. The number of carbonyl (C=O) groups is 1. The van der Waals surface area contributed by atoms with E-state index >= 15 is 0 Å².